The van der Waals surface area contributed by atoms with Crippen LogP contribution in [-0.2, 0) is 4.79 Å². The van der Waals surface area contributed by atoms with Gasteiger partial charge in [0.1, 0.15) is 5.75 Å². The molecule has 0 bridgehead atoms. The SMILES string of the molecule is COc1ccc(C2CC(=O)N(c3cccc(C(N)=O)c3)C2)cc1Oc1ccc([N+](=O)[O-])cc1. The van der Waals surface area contributed by atoms with Crippen LogP contribution in [0.5, 0.6) is 17.2 Å². The zero-order valence-corrected chi connectivity index (χ0v) is 17.8. The van der Waals surface area contributed by atoms with Crippen LogP contribution in [0.1, 0.15) is 28.3 Å². The number of nitrogens with two attached hydrogens (primary N) is 1. The summed E-state index contributed by atoms with van der Waals surface area (Å²) in [6.45, 7) is 0.435. The Morgan fingerprint density at radius 1 is 1.09 bits per heavy atom. The number of nitro groups is 1. The number of hydrogen-bond donors (Lipinski definition) is 1. The first-order valence-electron chi connectivity index (χ1n) is 10.2. The number of amides is 2. The highest BCUT2D eigenvalue weighted by Crippen LogP contribution is 2.38. The number of nitrogens with zero attached hydrogens (tertiary/aromatic N) is 2. The lowest BCUT2D eigenvalue weighted by atomic mass is 9.98. The lowest BCUT2D eigenvalue weighted by Crippen LogP contribution is -2.24. The summed E-state index contributed by atoms with van der Waals surface area (Å²) < 4.78 is 11.3. The van der Waals surface area contributed by atoms with E-state index in [-0.39, 0.29) is 17.5 Å². The van der Waals surface area contributed by atoms with E-state index in [0.29, 0.717) is 41.5 Å². The van der Waals surface area contributed by atoms with Gasteiger partial charge in [-0.1, -0.05) is 12.1 Å². The quantitative estimate of drug-likeness (QED) is 0.431. The highest BCUT2D eigenvalue weighted by molar-refractivity contribution is 5.99. The summed E-state index contributed by atoms with van der Waals surface area (Å²) in [6.07, 6.45) is 0.296. The first kappa shape index (κ1) is 21.8. The minimum absolute atomic E-state index is 0.0342. The molecule has 9 nitrogen and oxygen atoms in total. The van der Waals surface area contributed by atoms with Gasteiger partial charge in [-0.2, -0.15) is 0 Å². The van der Waals surface area contributed by atoms with Crippen LogP contribution in [0.4, 0.5) is 11.4 Å². The van der Waals surface area contributed by atoms with Crippen LogP contribution in [0.2, 0.25) is 0 Å². The first-order valence-corrected chi connectivity index (χ1v) is 10.2. The van der Waals surface area contributed by atoms with Crippen LogP contribution in [-0.4, -0.2) is 30.4 Å². The Morgan fingerprint density at radius 2 is 1.85 bits per heavy atom. The Bertz CT molecular complexity index is 1230. The number of carbonyl (C=O) groups is 2. The van der Waals surface area contributed by atoms with E-state index in [2.05, 4.69) is 0 Å². The molecule has 3 aromatic carbocycles. The van der Waals surface area contributed by atoms with Crippen molar-refractivity contribution in [2.75, 3.05) is 18.6 Å². The lowest BCUT2D eigenvalue weighted by Gasteiger charge is -2.18. The lowest BCUT2D eigenvalue weighted by molar-refractivity contribution is -0.384. The molecule has 0 spiro atoms. The van der Waals surface area contributed by atoms with Crippen molar-refractivity contribution >= 4 is 23.2 Å². The smallest absolute Gasteiger partial charge is 0.269 e. The second-order valence-electron chi connectivity index (χ2n) is 7.58. The standard InChI is InChI=1S/C24H21N3O6/c1-32-21-10-5-15(12-22(21)33-20-8-6-18(7-9-20)27(30)31)17-13-23(28)26(14-17)19-4-2-3-16(11-19)24(25)29/h2-12,17H,13-14H2,1H3,(H2,25,29). The number of carbonyl (C=O) groups excluding carboxylic acids is 2. The molecule has 2 amide bonds. The van der Waals surface area contributed by atoms with Gasteiger partial charge in [0.2, 0.25) is 11.8 Å². The maximum absolute atomic E-state index is 12.7. The topological polar surface area (TPSA) is 125 Å². The van der Waals surface area contributed by atoms with Crippen molar-refractivity contribution in [3.8, 4) is 17.2 Å². The van der Waals surface area contributed by atoms with Gasteiger partial charge in [-0.05, 0) is 48.0 Å². The van der Waals surface area contributed by atoms with Crippen molar-refractivity contribution in [3.05, 3.63) is 88.0 Å². The third-order valence-corrected chi connectivity index (χ3v) is 5.50. The number of hydrogen-bond acceptors (Lipinski definition) is 6. The van der Waals surface area contributed by atoms with Crippen LogP contribution in [0.3, 0.4) is 0 Å². The molecule has 4 rings (SSSR count). The van der Waals surface area contributed by atoms with Crippen LogP contribution in [0, 0.1) is 10.1 Å². The van der Waals surface area contributed by atoms with Crippen molar-refractivity contribution in [2.45, 2.75) is 12.3 Å². The third kappa shape index (κ3) is 4.62. The van der Waals surface area contributed by atoms with Gasteiger partial charge in [-0.15, -0.1) is 0 Å². The largest absolute Gasteiger partial charge is 0.493 e. The van der Waals surface area contributed by atoms with Gasteiger partial charge < -0.3 is 20.1 Å². The molecular formula is C24H21N3O6. The van der Waals surface area contributed by atoms with E-state index >= 15 is 0 Å². The molecule has 2 N–H and O–H groups in total. The monoisotopic (exact) mass is 447 g/mol. The Hall–Kier alpha value is -4.40. The highest BCUT2D eigenvalue weighted by atomic mass is 16.6. The molecule has 1 atom stereocenters. The van der Waals surface area contributed by atoms with Crippen molar-refractivity contribution in [1.82, 2.24) is 0 Å². The normalized spacial score (nSPS) is 15.4. The molecule has 3 aromatic rings. The number of primary amides is 1. The van der Waals surface area contributed by atoms with Gasteiger partial charge in [-0.25, -0.2) is 0 Å². The van der Waals surface area contributed by atoms with Gasteiger partial charge in [0, 0.05) is 42.3 Å². The van der Waals surface area contributed by atoms with Gasteiger partial charge in [0.25, 0.3) is 5.69 Å². The summed E-state index contributed by atoms with van der Waals surface area (Å²) in [7, 11) is 1.52. The summed E-state index contributed by atoms with van der Waals surface area (Å²) in [5.74, 6) is 0.639. The zero-order valence-electron chi connectivity index (χ0n) is 17.8. The Labute approximate surface area is 189 Å². The minimum atomic E-state index is -0.553. The van der Waals surface area contributed by atoms with Crippen LogP contribution in [0.25, 0.3) is 0 Å². The Kier molecular flexibility index (Phi) is 5.95. The minimum Gasteiger partial charge on any atom is -0.493 e. The van der Waals surface area contributed by atoms with Crippen LogP contribution >= 0.6 is 0 Å². The number of rotatable bonds is 7. The van der Waals surface area contributed by atoms with E-state index in [0.717, 1.165) is 5.56 Å². The number of nitro benzene ring substituents is 1. The number of non-ortho nitro benzene ring substituents is 1. The van der Waals surface area contributed by atoms with E-state index in [1.807, 2.05) is 12.1 Å². The predicted octanol–water partition coefficient (Wildman–Crippen LogP) is 4.02. The average Bonchev–Trinajstić information content (AvgIpc) is 3.21. The number of benzene rings is 3. The van der Waals surface area contributed by atoms with E-state index in [4.69, 9.17) is 15.2 Å². The summed E-state index contributed by atoms with van der Waals surface area (Å²) >= 11 is 0. The summed E-state index contributed by atoms with van der Waals surface area (Å²) in [6, 6.07) is 17.9. The molecule has 9 heteroatoms. The zero-order chi connectivity index (χ0) is 23.5. The average molecular weight is 447 g/mol. The van der Waals surface area contributed by atoms with Crippen molar-refractivity contribution < 1.29 is 24.0 Å². The molecule has 168 valence electrons. The fourth-order valence-corrected chi connectivity index (χ4v) is 3.80. The molecule has 0 saturated carbocycles. The van der Waals surface area contributed by atoms with E-state index in [1.54, 1.807) is 35.2 Å². The molecule has 1 fully saturated rings. The third-order valence-electron chi connectivity index (χ3n) is 5.50. The van der Waals surface area contributed by atoms with E-state index < -0.39 is 10.8 Å². The maximum Gasteiger partial charge on any atom is 0.269 e. The van der Waals surface area contributed by atoms with Crippen molar-refractivity contribution in [1.29, 1.82) is 0 Å². The second-order valence-corrected chi connectivity index (χ2v) is 7.58. The molecule has 1 aliphatic heterocycles. The molecule has 1 aliphatic rings. The van der Waals surface area contributed by atoms with Crippen LogP contribution < -0.4 is 20.1 Å². The van der Waals surface area contributed by atoms with Gasteiger partial charge in [-0.3, -0.25) is 19.7 Å². The summed E-state index contributed by atoms with van der Waals surface area (Å²) in [5.41, 5.74) is 7.17. The molecule has 1 saturated heterocycles. The molecule has 33 heavy (non-hydrogen) atoms. The molecular weight excluding hydrogens is 426 g/mol. The molecule has 1 unspecified atom stereocenters. The van der Waals surface area contributed by atoms with Crippen LogP contribution in [0.15, 0.2) is 66.7 Å². The van der Waals surface area contributed by atoms with E-state index in [1.165, 1.54) is 31.4 Å². The summed E-state index contributed by atoms with van der Waals surface area (Å²) in [4.78, 5) is 36.2. The molecule has 1 heterocycles. The van der Waals surface area contributed by atoms with Crippen molar-refractivity contribution in [3.63, 3.8) is 0 Å². The number of ether oxygens (including phenoxy) is 2. The molecule has 0 aromatic heterocycles. The highest BCUT2D eigenvalue weighted by Gasteiger charge is 2.32. The Morgan fingerprint density at radius 3 is 2.52 bits per heavy atom. The predicted molar refractivity (Wildman–Crippen MR) is 121 cm³/mol. The van der Waals surface area contributed by atoms with Gasteiger partial charge >= 0.3 is 0 Å². The molecule has 0 aliphatic carbocycles. The maximum atomic E-state index is 12.7. The van der Waals surface area contributed by atoms with Crippen molar-refractivity contribution in [2.24, 2.45) is 5.73 Å². The Balaban J connectivity index is 1.57. The number of methoxy groups -OCH3 is 1. The first-order chi connectivity index (χ1) is 15.9. The number of anilines is 1. The summed E-state index contributed by atoms with van der Waals surface area (Å²) in [5, 5.41) is 10.9. The van der Waals surface area contributed by atoms with E-state index in [9.17, 15) is 19.7 Å². The van der Waals surface area contributed by atoms with Gasteiger partial charge in [0.05, 0.1) is 12.0 Å². The van der Waals surface area contributed by atoms with Gasteiger partial charge in [0.15, 0.2) is 11.5 Å². The second kappa shape index (κ2) is 8.99. The fourth-order valence-electron chi connectivity index (χ4n) is 3.80. The molecule has 0 radical (unpaired) electrons. The fraction of sp³-hybridized carbons (Fsp3) is 0.167.